The number of anilines is 1. The van der Waals surface area contributed by atoms with Gasteiger partial charge in [0.2, 0.25) is 0 Å². The van der Waals surface area contributed by atoms with Gasteiger partial charge in [-0.1, -0.05) is 18.5 Å². The van der Waals surface area contributed by atoms with E-state index in [2.05, 4.69) is 32.7 Å². The zero-order chi connectivity index (χ0) is 11.3. The summed E-state index contributed by atoms with van der Waals surface area (Å²) < 4.78 is 0.911. The van der Waals surface area contributed by atoms with Crippen molar-refractivity contribution in [3.8, 4) is 0 Å². The lowest BCUT2D eigenvalue weighted by molar-refractivity contribution is 0.779. The number of pyridine rings is 1. The van der Waals surface area contributed by atoms with Crippen LogP contribution in [0.15, 0.2) is 16.7 Å². The van der Waals surface area contributed by atoms with Gasteiger partial charge in [-0.25, -0.2) is 4.98 Å². The molecule has 0 N–H and O–H groups in total. The Labute approximate surface area is 109 Å². The van der Waals surface area contributed by atoms with Crippen molar-refractivity contribution in [1.29, 1.82) is 0 Å². The number of hydrogen-bond acceptors (Lipinski definition) is 2. The van der Waals surface area contributed by atoms with Gasteiger partial charge in [-0.15, -0.1) is 11.6 Å². The van der Waals surface area contributed by atoms with Crippen LogP contribution in [0.3, 0.4) is 0 Å². The predicted molar refractivity (Wildman–Crippen MR) is 70.2 cm³/mol. The van der Waals surface area contributed by atoms with Crippen LogP contribution >= 0.6 is 39.1 Å². The van der Waals surface area contributed by atoms with Gasteiger partial charge in [0.05, 0.1) is 9.50 Å². The van der Waals surface area contributed by atoms with E-state index in [1.165, 1.54) is 0 Å². The molecule has 1 heterocycles. The number of alkyl halides is 1. The highest BCUT2D eigenvalue weighted by molar-refractivity contribution is 9.10. The Morgan fingerprint density at radius 2 is 2.20 bits per heavy atom. The van der Waals surface area contributed by atoms with Gasteiger partial charge in [0.25, 0.3) is 0 Å². The van der Waals surface area contributed by atoms with Crippen LogP contribution in [0.2, 0.25) is 5.02 Å². The molecule has 0 radical (unpaired) electrons. The first-order valence-corrected chi connectivity index (χ1v) is 6.51. The largest absolute Gasteiger partial charge is 0.355 e. The van der Waals surface area contributed by atoms with Crippen LogP contribution in [-0.2, 0) is 0 Å². The summed E-state index contributed by atoms with van der Waals surface area (Å²) in [4.78, 5) is 6.45. The van der Waals surface area contributed by atoms with Gasteiger partial charge >= 0.3 is 0 Å². The highest BCUT2D eigenvalue weighted by Gasteiger charge is 2.10. The molecule has 1 rings (SSSR count). The van der Waals surface area contributed by atoms with E-state index in [4.69, 9.17) is 23.2 Å². The summed E-state index contributed by atoms with van der Waals surface area (Å²) in [5.41, 5.74) is 0. The third-order valence-electron chi connectivity index (χ3n) is 1.94. The van der Waals surface area contributed by atoms with Crippen molar-refractivity contribution >= 4 is 44.9 Å². The van der Waals surface area contributed by atoms with Crippen LogP contribution < -0.4 is 4.90 Å². The van der Waals surface area contributed by atoms with E-state index >= 15 is 0 Å². The van der Waals surface area contributed by atoms with Crippen LogP contribution in [0.25, 0.3) is 0 Å². The average molecular weight is 312 g/mol. The minimum absolute atomic E-state index is 0.594. The molecule has 1 aromatic rings. The summed E-state index contributed by atoms with van der Waals surface area (Å²) in [6, 6.07) is 1.85. The standard InChI is InChI=1S/C10H13BrCl2N2/c1-2-4-15(5-3-12)10-9(11)6-8(13)7-14-10/h6-7H,2-5H2,1H3. The molecule has 1 aromatic heterocycles. The fourth-order valence-electron chi connectivity index (χ4n) is 1.34. The van der Waals surface area contributed by atoms with Crippen molar-refractivity contribution in [2.75, 3.05) is 23.9 Å². The molecule has 15 heavy (non-hydrogen) atoms. The van der Waals surface area contributed by atoms with E-state index in [9.17, 15) is 0 Å². The van der Waals surface area contributed by atoms with Crippen molar-refractivity contribution in [1.82, 2.24) is 4.98 Å². The normalized spacial score (nSPS) is 10.4. The molecule has 0 aromatic carbocycles. The zero-order valence-electron chi connectivity index (χ0n) is 8.51. The van der Waals surface area contributed by atoms with E-state index < -0.39 is 0 Å². The monoisotopic (exact) mass is 310 g/mol. The summed E-state index contributed by atoms with van der Waals surface area (Å²) in [5.74, 6) is 1.50. The maximum absolute atomic E-state index is 5.84. The molecule has 0 amide bonds. The molecule has 0 bridgehead atoms. The lowest BCUT2D eigenvalue weighted by Gasteiger charge is -2.23. The highest BCUT2D eigenvalue weighted by Crippen LogP contribution is 2.26. The summed E-state index contributed by atoms with van der Waals surface area (Å²) >= 11 is 15.0. The van der Waals surface area contributed by atoms with Crippen molar-refractivity contribution in [2.45, 2.75) is 13.3 Å². The van der Waals surface area contributed by atoms with Crippen molar-refractivity contribution in [2.24, 2.45) is 0 Å². The molecule has 0 saturated heterocycles. The van der Waals surface area contributed by atoms with Crippen molar-refractivity contribution in [3.63, 3.8) is 0 Å². The van der Waals surface area contributed by atoms with Gasteiger partial charge in [0, 0.05) is 25.2 Å². The predicted octanol–water partition coefficient (Wildman–Crippen LogP) is 3.95. The number of hydrogen-bond donors (Lipinski definition) is 0. The van der Waals surface area contributed by atoms with E-state index in [1.54, 1.807) is 6.20 Å². The van der Waals surface area contributed by atoms with Crippen LogP contribution in [-0.4, -0.2) is 24.0 Å². The number of rotatable bonds is 5. The van der Waals surface area contributed by atoms with Crippen LogP contribution in [0.4, 0.5) is 5.82 Å². The average Bonchev–Trinajstić information content (AvgIpc) is 2.17. The van der Waals surface area contributed by atoms with Gasteiger partial charge in [0.1, 0.15) is 5.82 Å². The molecule has 0 aliphatic carbocycles. The Bertz CT molecular complexity index is 314. The Hall–Kier alpha value is 0.01000. The third-order valence-corrected chi connectivity index (χ3v) is 2.90. The lowest BCUT2D eigenvalue weighted by Crippen LogP contribution is -2.27. The summed E-state index contributed by atoms with van der Waals surface area (Å²) in [7, 11) is 0. The smallest absolute Gasteiger partial charge is 0.143 e. The van der Waals surface area contributed by atoms with E-state index in [0.29, 0.717) is 10.9 Å². The fourth-order valence-corrected chi connectivity index (χ4v) is 2.43. The first-order chi connectivity index (χ1) is 7.19. The van der Waals surface area contributed by atoms with Gasteiger partial charge in [-0.2, -0.15) is 0 Å². The summed E-state index contributed by atoms with van der Waals surface area (Å²) in [5, 5.41) is 0.632. The molecule has 0 aliphatic rings. The molecule has 5 heteroatoms. The van der Waals surface area contributed by atoms with Crippen molar-refractivity contribution < 1.29 is 0 Å². The summed E-state index contributed by atoms with van der Waals surface area (Å²) in [6.07, 6.45) is 2.71. The van der Waals surface area contributed by atoms with Crippen LogP contribution in [0.1, 0.15) is 13.3 Å². The number of halogens is 3. The van der Waals surface area contributed by atoms with Gasteiger partial charge < -0.3 is 4.90 Å². The Kier molecular flexibility index (Phi) is 5.72. The molecule has 0 saturated carbocycles. The molecule has 0 aliphatic heterocycles. The maximum atomic E-state index is 5.84. The minimum Gasteiger partial charge on any atom is -0.355 e. The van der Waals surface area contributed by atoms with Gasteiger partial charge in [-0.05, 0) is 28.4 Å². The number of nitrogens with zero attached hydrogens (tertiary/aromatic N) is 2. The first kappa shape index (κ1) is 13.1. The molecular formula is C10H13BrCl2N2. The molecule has 84 valence electrons. The minimum atomic E-state index is 0.594. The van der Waals surface area contributed by atoms with Gasteiger partial charge in [0.15, 0.2) is 0 Å². The Morgan fingerprint density at radius 3 is 2.73 bits per heavy atom. The van der Waals surface area contributed by atoms with Crippen molar-refractivity contribution in [3.05, 3.63) is 21.8 Å². The lowest BCUT2D eigenvalue weighted by atomic mass is 10.3. The second-order valence-corrected chi connectivity index (χ2v) is 4.80. The molecular weight excluding hydrogens is 299 g/mol. The number of aromatic nitrogens is 1. The third kappa shape index (κ3) is 3.82. The Balaban J connectivity index is 2.89. The first-order valence-electron chi connectivity index (χ1n) is 4.81. The molecule has 0 unspecified atom stereocenters. The summed E-state index contributed by atoms with van der Waals surface area (Å²) in [6.45, 7) is 3.87. The molecule has 0 atom stereocenters. The maximum Gasteiger partial charge on any atom is 0.143 e. The van der Waals surface area contributed by atoms with Crippen LogP contribution in [0, 0.1) is 0 Å². The quantitative estimate of drug-likeness (QED) is 0.765. The highest BCUT2D eigenvalue weighted by atomic mass is 79.9. The van der Waals surface area contributed by atoms with E-state index in [-0.39, 0.29) is 0 Å². The van der Waals surface area contributed by atoms with Gasteiger partial charge in [-0.3, -0.25) is 0 Å². The second kappa shape index (κ2) is 6.56. The topological polar surface area (TPSA) is 16.1 Å². The molecule has 0 fully saturated rings. The second-order valence-electron chi connectivity index (χ2n) is 3.13. The molecule has 0 spiro atoms. The van der Waals surface area contributed by atoms with E-state index in [0.717, 1.165) is 29.8 Å². The molecule has 2 nitrogen and oxygen atoms in total. The Morgan fingerprint density at radius 1 is 1.47 bits per heavy atom. The van der Waals surface area contributed by atoms with Crippen LogP contribution in [0.5, 0.6) is 0 Å². The zero-order valence-corrected chi connectivity index (χ0v) is 11.6. The fraction of sp³-hybridized carbons (Fsp3) is 0.500. The SMILES string of the molecule is CCCN(CCCl)c1ncc(Cl)cc1Br. The van der Waals surface area contributed by atoms with E-state index in [1.807, 2.05) is 6.07 Å².